The number of unbranched alkanes of at least 4 members (excludes halogenated alkanes) is 3. The number of carboxylic acid groups (broad SMARTS) is 2. The zero-order valence-electron chi connectivity index (χ0n) is 14.9. The minimum Gasteiger partial charge on any atom is -0.481 e. The van der Waals surface area contributed by atoms with Crippen LogP contribution >= 0.6 is 0 Å². The molecule has 2 aromatic carbocycles. The third-order valence-corrected chi connectivity index (χ3v) is 4.71. The maximum Gasteiger partial charge on any atom is 0.311 e. The predicted molar refractivity (Wildman–Crippen MR) is 101 cm³/mol. The van der Waals surface area contributed by atoms with Crippen molar-refractivity contribution in [1.29, 1.82) is 0 Å². The van der Waals surface area contributed by atoms with E-state index in [2.05, 4.69) is 0 Å². The minimum atomic E-state index is -0.809. The van der Waals surface area contributed by atoms with E-state index in [4.69, 9.17) is 5.11 Å². The third-order valence-electron chi connectivity index (χ3n) is 4.71. The Morgan fingerprint density at radius 3 is 1.81 bits per heavy atom. The van der Waals surface area contributed by atoms with Crippen LogP contribution in [0.5, 0.6) is 0 Å². The van der Waals surface area contributed by atoms with E-state index in [1.54, 1.807) is 0 Å². The van der Waals surface area contributed by atoms with Gasteiger partial charge in [0.2, 0.25) is 0 Å². The molecule has 2 N–H and O–H groups in total. The van der Waals surface area contributed by atoms with Gasteiger partial charge in [0.15, 0.2) is 0 Å². The lowest BCUT2D eigenvalue weighted by molar-refractivity contribution is -0.139. The molecular formula is C22H26O4. The number of carbonyl (C=O) groups is 2. The monoisotopic (exact) mass is 354 g/mol. The van der Waals surface area contributed by atoms with Gasteiger partial charge in [-0.3, -0.25) is 9.59 Å². The second-order valence-corrected chi connectivity index (χ2v) is 6.59. The van der Waals surface area contributed by atoms with Crippen LogP contribution in [-0.2, 0) is 9.59 Å². The number of aliphatic carboxylic acids is 2. The highest BCUT2D eigenvalue weighted by atomic mass is 16.4. The number of hydrogen-bond acceptors (Lipinski definition) is 2. The molecule has 2 unspecified atom stereocenters. The van der Waals surface area contributed by atoms with E-state index in [1.807, 2.05) is 60.7 Å². The molecule has 0 saturated carbocycles. The van der Waals surface area contributed by atoms with Crippen LogP contribution in [0.2, 0.25) is 0 Å². The van der Waals surface area contributed by atoms with Crippen LogP contribution < -0.4 is 0 Å². The number of carboxylic acids is 2. The Hall–Kier alpha value is -2.62. The lowest BCUT2D eigenvalue weighted by Crippen LogP contribution is -2.20. The molecule has 0 aliphatic rings. The SMILES string of the molecule is O=C(O)CCCCCCC(c1ccccc1)C(C(=O)O)c1ccccc1. The highest BCUT2D eigenvalue weighted by molar-refractivity contribution is 5.77. The molecular weight excluding hydrogens is 328 g/mol. The Labute approximate surface area is 154 Å². The first kappa shape index (κ1) is 19.7. The van der Waals surface area contributed by atoms with E-state index in [9.17, 15) is 14.7 Å². The first-order chi connectivity index (χ1) is 12.6. The molecule has 2 aromatic rings. The van der Waals surface area contributed by atoms with Crippen molar-refractivity contribution in [2.24, 2.45) is 0 Å². The fourth-order valence-electron chi connectivity index (χ4n) is 3.43. The standard InChI is InChI=1S/C22H26O4/c23-20(24)16-10-2-1-9-15-19(17-11-5-3-6-12-17)21(22(25)26)18-13-7-4-8-14-18/h3-8,11-14,19,21H,1-2,9-10,15-16H2,(H,23,24)(H,25,26). The second kappa shape index (κ2) is 10.4. The lowest BCUT2D eigenvalue weighted by atomic mass is 9.78. The average molecular weight is 354 g/mol. The Morgan fingerprint density at radius 2 is 1.27 bits per heavy atom. The van der Waals surface area contributed by atoms with Gasteiger partial charge < -0.3 is 10.2 Å². The minimum absolute atomic E-state index is 0.101. The molecule has 26 heavy (non-hydrogen) atoms. The van der Waals surface area contributed by atoms with Gasteiger partial charge >= 0.3 is 11.9 Å². The van der Waals surface area contributed by atoms with Crippen LogP contribution in [0.4, 0.5) is 0 Å². The largest absolute Gasteiger partial charge is 0.481 e. The molecule has 0 amide bonds. The summed E-state index contributed by atoms with van der Waals surface area (Å²) in [5, 5.41) is 18.6. The summed E-state index contributed by atoms with van der Waals surface area (Å²) in [5.74, 6) is -2.26. The Balaban J connectivity index is 2.10. The van der Waals surface area contributed by atoms with Crippen molar-refractivity contribution in [1.82, 2.24) is 0 Å². The van der Waals surface area contributed by atoms with Crippen LogP contribution in [0.15, 0.2) is 60.7 Å². The van der Waals surface area contributed by atoms with E-state index in [0.29, 0.717) is 6.42 Å². The predicted octanol–water partition coefficient (Wildman–Crippen LogP) is 5.06. The molecule has 0 spiro atoms. The van der Waals surface area contributed by atoms with E-state index in [1.165, 1.54) is 0 Å². The lowest BCUT2D eigenvalue weighted by Gasteiger charge is -2.25. The molecule has 0 fully saturated rings. The number of hydrogen-bond donors (Lipinski definition) is 2. The van der Waals surface area contributed by atoms with Gasteiger partial charge in [-0.2, -0.15) is 0 Å². The van der Waals surface area contributed by atoms with Crippen molar-refractivity contribution >= 4 is 11.9 Å². The molecule has 0 bridgehead atoms. The van der Waals surface area contributed by atoms with Gasteiger partial charge in [0.1, 0.15) is 0 Å². The summed E-state index contributed by atoms with van der Waals surface area (Å²) < 4.78 is 0. The first-order valence-electron chi connectivity index (χ1n) is 9.14. The first-order valence-corrected chi connectivity index (χ1v) is 9.14. The number of benzene rings is 2. The van der Waals surface area contributed by atoms with Crippen molar-refractivity contribution in [3.05, 3.63) is 71.8 Å². The zero-order valence-corrected chi connectivity index (χ0v) is 14.9. The molecule has 0 aromatic heterocycles. The van der Waals surface area contributed by atoms with Crippen LogP contribution in [0, 0.1) is 0 Å². The van der Waals surface area contributed by atoms with E-state index in [0.717, 1.165) is 36.8 Å². The summed E-state index contributed by atoms with van der Waals surface area (Å²) in [4.78, 5) is 22.6. The van der Waals surface area contributed by atoms with Gasteiger partial charge in [-0.05, 0) is 24.0 Å². The van der Waals surface area contributed by atoms with Crippen molar-refractivity contribution < 1.29 is 19.8 Å². The molecule has 0 aliphatic carbocycles. The van der Waals surface area contributed by atoms with E-state index in [-0.39, 0.29) is 12.3 Å². The molecule has 0 aliphatic heterocycles. The van der Waals surface area contributed by atoms with Crippen molar-refractivity contribution in [2.75, 3.05) is 0 Å². The molecule has 0 saturated heterocycles. The summed E-state index contributed by atoms with van der Waals surface area (Å²) in [7, 11) is 0. The maximum absolute atomic E-state index is 12.1. The van der Waals surface area contributed by atoms with Crippen molar-refractivity contribution in [3.8, 4) is 0 Å². The van der Waals surface area contributed by atoms with Gasteiger partial charge in [0, 0.05) is 12.3 Å². The quantitative estimate of drug-likeness (QED) is 0.553. The van der Waals surface area contributed by atoms with E-state index < -0.39 is 17.9 Å². The topological polar surface area (TPSA) is 74.6 Å². The average Bonchev–Trinajstić information content (AvgIpc) is 2.64. The molecule has 0 heterocycles. The molecule has 138 valence electrons. The Bertz CT molecular complexity index is 682. The summed E-state index contributed by atoms with van der Waals surface area (Å²) >= 11 is 0. The van der Waals surface area contributed by atoms with E-state index >= 15 is 0 Å². The van der Waals surface area contributed by atoms with Crippen LogP contribution in [0.25, 0.3) is 0 Å². The zero-order chi connectivity index (χ0) is 18.8. The molecule has 2 rings (SSSR count). The summed E-state index contributed by atoms with van der Waals surface area (Å²) in [6.07, 6.45) is 4.30. The third kappa shape index (κ3) is 6.03. The van der Waals surface area contributed by atoms with Gasteiger partial charge in [0.05, 0.1) is 5.92 Å². The molecule has 4 heteroatoms. The Morgan fingerprint density at radius 1 is 0.731 bits per heavy atom. The molecule has 2 atom stereocenters. The fourth-order valence-corrected chi connectivity index (χ4v) is 3.43. The molecule has 0 radical (unpaired) electrons. The maximum atomic E-state index is 12.1. The second-order valence-electron chi connectivity index (χ2n) is 6.59. The molecule has 4 nitrogen and oxygen atoms in total. The van der Waals surface area contributed by atoms with Gasteiger partial charge in [0.25, 0.3) is 0 Å². The van der Waals surface area contributed by atoms with Crippen molar-refractivity contribution in [2.45, 2.75) is 50.4 Å². The highest BCUT2D eigenvalue weighted by Gasteiger charge is 2.30. The normalized spacial score (nSPS) is 13.1. The van der Waals surface area contributed by atoms with Crippen LogP contribution in [-0.4, -0.2) is 22.2 Å². The summed E-state index contributed by atoms with van der Waals surface area (Å²) in [5.41, 5.74) is 1.86. The summed E-state index contributed by atoms with van der Waals surface area (Å²) in [6.45, 7) is 0. The smallest absolute Gasteiger partial charge is 0.311 e. The van der Waals surface area contributed by atoms with Gasteiger partial charge in [-0.15, -0.1) is 0 Å². The van der Waals surface area contributed by atoms with Crippen LogP contribution in [0.1, 0.15) is 61.5 Å². The van der Waals surface area contributed by atoms with Crippen molar-refractivity contribution in [3.63, 3.8) is 0 Å². The fraction of sp³-hybridized carbons (Fsp3) is 0.364. The summed E-state index contributed by atoms with van der Waals surface area (Å²) in [6, 6.07) is 19.2. The van der Waals surface area contributed by atoms with Gasteiger partial charge in [-0.1, -0.05) is 79.9 Å². The van der Waals surface area contributed by atoms with Gasteiger partial charge in [-0.25, -0.2) is 0 Å². The highest BCUT2D eigenvalue weighted by Crippen LogP contribution is 2.37. The Kier molecular flexibility index (Phi) is 7.87. The number of rotatable bonds is 11. The van der Waals surface area contributed by atoms with Crippen LogP contribution in [0.3, 0.4) is 0 Å².